The van der Waals surface area contributed by atoms with E-state index >= 15 is 0 Å². The molecule has 180 valence electrons. The molecule has 2 aromatic carbocycles. The van der Waals surface area contributed by atoms with Crippen LogP contribution in [0.2, 0.25) is 0 Å². The van der Waals surface area contributed by atoms with E-state index in [4.69, 9.17) is 27.3 Å². The van der Waals surface area contributed by atoms with Gasteiger partial charge in [0.1, 0.15) is 18.2 Å². The van der Waals surface area contributed by atoms with Crippen molar-refractivity contribution in [2.75, 3.05) is 23.0 Å². The third-order valence-corrected chi connectivity index (χ3v) is 5.54. The van der Waals surface area contributed by atoms with Crippen molar-refractivity contribution in [2.45, 2.75) is 31.7 Å². The summed E-state index contributed by atoms with van der Waals surface area (Å²) in [5.74, 6) is -1.71. The summed E-state index contributed by atoms with van der Waals surface area (Å²) in [6, 6.07) is 7.96. The van der Waals surface area contributed by atoms with E-state index in [0.29, 0.717) is 6.07 Å². The molecule has 1 saturated heterocycles. The highest BCUT2D eigenvalue weighted by Crippen LogP contribution is 2.40. The topological polar surface area (TPSA) is 97.0 Å². The fourth-order valence-electron chi connectivity index (χ4n) is 3.44. The first-order valence-electron chi connectivity index (χ1n) is 9.84. The number of aliphatic hydroxyl groups excluding tert-OH is 2. The Hall–Kier alpha value is -3.27. The molecule has 0 saturated carbocycles. The Labute approximate surface area is 197 Å². The fraction of sp³-hybridized carbons (Fsp3) is 0.318. The summed E-state index contributed by atoms with van der Waals surface area (Å²) in [4.78, 5) is 15.4. The number of anilines is 2. The Balaban J connectivity index is 1.99. The number of carbonyl (C=O) groups excluding carboxylic acids is 1. The standard InChI is InChI=1S/C22H19F4N3O4S/c1-21(2)19(32)28(13-4-3-12(9-27)16(7-13)22(24,25)26)20(34)29(21)14-5-6-18(17(23)8-14)33-11-15(31)10-30/h3-8,15,30-31H,10-11H2,1-2H3. The summed E-state index contributed by atoms with van der Waals surface area (Å²) in [6.07, 6.45) is -6.03. The summed E-state index contributed by atoms with van der Waals surface area (Å²) in [6.45, 7) is 2.04. The average Bonchev–Trinajstić information content (AvgIpc) is 2.95. The van der Waals surface area contributed by atoms with Crippen molar-refractivity contribution in [3.8, 4) is 11.8 Å². The first kappa shape index (κ1) is 25.4. The van der Waals surface area contributed by atoms with Gasteiger partial charge in [-0.25, -0.2) is 4.39 Å². The van der Waals surface area contributed by atoms with Crippen LogP contribution in [-0.4, -0.2) is 46.1 Å². The van der Waals surface area contributed by atoms with Crippen LogP contribution in [0.4, 0.5) is 28.9 Å². The number of benzene rings is 2. The van der Waals surface area contributed by atoms with Crippen molar-refractivity contribution in [1.82, 2.24) is 0 Å². The van der Waals surface area contributed by atoms with E-state index < -0.39 is 47.3 Å². The van der Waals surface area contributed by atoms with Gasteiger partial charge in [0.2, 0.25) is 0 Å². The molecule has 7 nitrogen and oxygen atoms in total. The number of ether oxygens (including phenoxy) is 1. The number of carbonyl (C=O) groups is 1. The van der Waals surface area contributed by atoms with Crippen LogP contribution >= 0.6 is 12.2 Å². The molecule has 0 spiro atoms. The summed E-state index contributed by atoms with van der Waals surface area (Å²) in [5.41, 5.74) is -3.24. The summed E-state index contributed by atoms with van der Waals surface area (Å²) in [7, 11) is 0. The summed E-state index contributed by atoms with van der Waals surface area (Å²) in [5, 5.41) is 27.0. The van der Waals surface area contributed by atoms with Gasteiger partial charge < -0.3 is 19.8 Å². The summed E-state index contributed by atoms with van der Waals surface area (Å²) >= 11 is 5.40. The third-order valence-electron chi connectivity index (χ3n) is 5.17. The maximum Gasteiger partial charge on any atom is 0.417 e. The predicted molar refractivity (Wildman–Crippen MR) is 118 cm³/mol. The van der Waals surface area contributed by atoms with Gasteiger partial charge in [-0.1, -0.05) is 0 Å². The van der Waals surface area contributed by atoms with Gasteiger partial charge >= 0.3 is 6.18 Å². The quantitative estimate of drug-likeness (QED) is 0.467. The van der Waals surface area contributed by atoms with Gasteiger partial charge in [0.15, 0.2) is 16.7 Å². The maximum absolute atomic E-state index is 14.6. The molecule has 1 unspecified atom stereocenters. The Morgan fingerprint density at radius 2 is 1.85 bits per heavy atom. The van der Waals surface area contributed by atoms with E-state index in [1.54, 1.807) is 0 Å². The Morgan fingerprint density at radius 3 is 2.41 bits per heavy atom. The second-order valence-corrected chi connectivity index (χ2v) is 8.28. The number of aliphatic hydroxyl groups is 2. The van der Waals surface area contributed by atoms with Crippen LogP contribution in [0.3, 0.4) is 0 Å². The lowest BCUT2D eigenvalue weighted by Gasteiger charge is -2.29. The molecule has 1 atom stereocenters. The van der Waals surface area contributed by atoms with E-state index in [9.17, 15) is 27.5 Å². The number of amides is 1. The molecule has 1 amide bonds. The highest BCUT2D eigenvalue weighted by molar-refractivity contribution is 7.81. The number of thiocarbonyl (C=S) groups is 1. The van der Waals surface area contributed by atoms with Gasteiger partial charge in [0.05, 0.1) is 29.5 Å². The zero-order valence-corrected chi connectivity index (χ0v) is 18.7. The smallest absolute Gasteiger partial charge is 0.417 e. The lowest BCUT2D eigenvalue weighted by molar-refractivity contribution is -0.137. The molecule has 1 fully saturated rings. The van der Waals surface area contributed by atoms with Crippen LogP contribution < -0.4 is 14.5 Å². The Kier molecular flexibility index (Phi) is 6.84. The molecule has 1 aliphatic rings. The minimum atomic E-state index is -4.83. The Morgan fingerprint density at radius 1 is 1.21 bits per heavy atom. The molecule has 3 rings (SSSR count). The lowest BCUT2D eigenvalue weighted by atomic mass is 10.0. The largest absolute Gasteiger partial charge is 0.488 e. The third kappa shape index (κ3) is 4.54. The highest BCUT2D eigenvalue weighted by atomic mass is 32.1. The number of nitrogens with zero attached hydrogens (tertiary/aromatic N) is 3. The molecule has 0 aromatic heterocycles. The van der Waals surface area contributed by atoms with E-state index in [0.717, 1.165) is 17.0 Å². The minimum Gasteiger partial charge on any atom is -0.488 e. The van der Waals surface area contributed by atoms with Gasteiger partial charge in [-0.2, -0.15) is 18.4 Å². The van der Waals surface area contributed by atoms with Crippen LogP contribution in [0.15, 0.2) is 36.4 Å². The molecule has 0 radical (unpaired) electrons. The molecule has 0 bridgehead atoms. The molecule has 2 N–H and O–H groups in total. The van der Waals surface area contributed by atoms with Crippen LogP contribution in [0.1, 0.15) is 25.0 Å². The van der Waals surface area contributed by atoms with Crippen molar-refractivity contribution in [3.05, 3.63) is 53.3 Å². The zero-order chi connectivity index (χ0) is 25.4. The van der Waals surface area contributed by atoms with Crippen molar-refractivity contribution >= 4 is 34.6 Å². The molecule has 34 heavy (non-hydrogen) atoms. The molecule has 2 aromatic rings. The number of nitriles is 1. The molecule has 1 heterocycles. The van der Waals surface area contributed by atoms with Crippen LogP contribution in [-0.2, 0) is 11.0 Å². The first-order valence-corrected chi connectivity index (χ1v) is 10.2. The van der Waals surface area contributed by atoms with Crippen molar-refractivity contribution in [1.29, 1.82) is 5.26 Å². The molecular formula is C22H19F4N3O4S. The van der Waals surface area contributed by atoms with E-state index in [1.165, 1.54) is 43.0 Å². The van der Waals surface area contributed by atoms with Crippen molar-refractivity contribution in [3.63, 3.8) is 0 Å². The van der Waals surface area contributed by atoms with Gasteiger partial charge in [0, 0.05) is 11.8 Å². The Bertz CT molecular complexity index is 1180. The second kappa shape index (κ2) is 9.17. The number of halogens is 4. The van der Waals surface area contributed by atoms with E-state index in [2.05, 4.69) is 0 Å². The van der Waals surface area contributed by atoms with Crippen LogP contribution in [0, 0.1) is 17.1 Å². The predicted octanol–water partition coefficient (Wildman–Crippen LogP) is 3.36. The summed E-state index contributed by atoms with van der Waals surface area (Å²) < 4.78 is 60.0. The number of hydrogen-bond donors (Lipinski definition) is 2. The lowest BCUT2D eigenvalue weighted by Crippen LogP contribution is -2.44. The molecule has 12 heteroatoms. The number of rotatable bonds is 6. The first-order chi connectivity index (χ1) is 15.8. The van der Waals surface area contributed by atoms with Crippen LogP contribution in [0.25, 0.3) is 0 Å². The van der Waals surface area contributed by atoms with E-state index in [1.807, 2.05) is 0 Å². The number of alkyl halides is 3. The normalized spacial score (nSPS) is 16.6. The molecule has 0 aliphatic carbocycles. The molecular weight excluding hydrogens is 478 g/mol. The number of hydrogen-bond acceptors (Lipinski definition) is 6. The zero-order valence-electron chi connectivity index (χ0n) is 17.9. The van der Waals surface area contributed by atoms with Gasteiger partial charge in [0.25, 0.3) is 5.91 Å². The highest BCUT2D eigenvalue weighted by Gasteiger charge is 2.50. The molecule has 1 aliphatic heterocycles. The minimum absolute atomic E-state index is 0.142. The second-order valence-electron chi connectivity index (χ2n) is 7.92. The van der Waals surface area contributed by atoms with Gasteiger partial charge in [-0.3, -0.25) is 9.69 Å². The monoisotopic (exact) mass is 497 g/mol. The van der Waals surface area contributed by atoms with Crippen molar-refractivity contribution in [2.24, 2.45) is 0 Å². The van der Waals surface area contributed by atoms with Gasteiger partial charge in [-0.05, 0) is 56.4 Å². The van der Waals surface area contributed by atoms with Crippen molar-refractivity contribution < 1.29 is 37.3 Å². The van der Waals surface area contributed by atoms with E-state index in [-0.39, 0.29) is 28.8 Å². The fourth-order valence-corrected chi connectivity index (χ4v) is 3.97. The SMILES string of the molecule is CC1(C)C(=O)N(c2ccc(C#N)c(C(F)(F)F)c2)C(=S)N1c1ccc(OCC(O)CO)c(F)c1. The van der Waals surface area contributed by atoms with Gasteiger partial charge in [-0.15, -0.1) is 0 Å². The van der Waals surface area contributed by atoms with Crippen LogP contribution in [0.5, 0.6) is 5.75 Å². The average molecular weight is 497 g/mol. The maximum atomic E-state index is 14.6.